The molecule has 1 heterocycles. The summed E-state index contributed by atoms with van der Waals surface area (Å²) < 4.78 is 14.2. The predicted octanol–water partition coefficient (Wildman–Crippen LogP) is 5.17. The second-order valence-electron chi connectivity index (χ2n) is 6.53. The van der Waals surface area contributed by atoms with Crippen molar-refractivity contribution in [3.05, 3.63) is 56.3 Å². The van der Waals surface area contributed by atoms with Crippen LogP contribution in [-0.2, 0) is 16.1 Å². The molecule has 3 aromatic rings. The minimum Gasteiger partial charge on any atom is -0.482 e. The van der Waals surface area contributed by atoms with Crippen LogP contribution in [-0.4, -0.2) is 30.3 Å². The molecule has 0 unspecified atom stereocenters. The summed E-state index contributed by atoms with van der Waals surface area (Å²) in [6.45, 7) is 7.68. The minimum atomic E-state index is -0.387. The van der Waals surface area contributed by atoms with Crippen LogP contribution in [0.4, 0.5) is 0 Å². The van der Waals surface area contributed by atoms with Gasteiger partial charge in [-0.25, -0.2) is 0 Å². The van der Waals surface area contributed by atoms with Crippen LogP contribution in [0, 0.1) is 13.8 Å². The molecular formula is C21H22Cl2N2O3S. The molecule has 0 aliphatic rings. The Morgan fingerprint density at radius 3 is 2.72 bits per heavy atom. The average Bonchev–Trinajstić information content (AvgIpc) is 2.98. The molecule has 3 rings (SSSR count). The monoisotopic (exact) mass is 452 g/mol. The number of rotatable bonds is 7. The normalized spacial score (nSPS) is 12.0. The maximum absolute atomic E-state index is 12.5. The summed E-state index contributed by atoms with van der Waals surface area (Å²) in [4.78, 5) is 17.4. The number of carbonyl (C=O) groups is 1. The number of aromatic nitrogens is 1. The van der Waals surface area contributed by atoms with E-state index in [1.54, 1.807) is 18.2 Å². The minimum absolute atomic E-state index is 0.209. The molecule has 0 spiro atoms. The van der Waals surface area contributed by atoms with Crippen molar-refractivity contribution < 1.29 is 14.3 Å². The zero-order valence-electron chi connectivity index (χ0n) is 16.5. The molecule has 0 saturated heterocycles. The van der Waals surface area contributed by atoms with E-state index in [2.05, 4.69) is 31.0 Å². The zero-order chi connectivity index (χ0) is 21.0. The van der Waals surface area contributed by atoms with Crippen molar-refractivity contribution in [3.8, 4) is 5.75 Å². The van der Waals surface area contributed by atoms with Gasteiger partial charge in [-0.3, -0.25) is 4.79 Å². The third-order valence-electron chi connectivity index (χ3n) is 4.24. The van der Waals surface area contributed by atoms with E-state index >= 15 is 0 Å². The van der Waals surface area contributed by atoms with E-state index in [-0.39, 0.29) is 12.5 Å². The van der Waals surface area contributed by atoms with Gasteiger partial charge in [-0.1, -0.05) is 40.6 Å². The molecule has 1 amide bonds. The van der Waals surface area contributed by atoms with E-state index in [1.165, 1.54) is 16.9 Å². The lowest BCUT2D eigenvalue weighted by atomic mass is 10.1. The van der Waals surface area contributed by atoms with Crippen LogP contribution >= 0.6 is 34.5 Å². The number of thiazole rings is 1. The molecule has 0 aliphatic carbocycles. The predicted molar refractivity (Wildman–Crippen MR) is 118 cm³/mol. The van der Waals surface area contributed by atoms with Crippen molar-refractivity contribution in [1.29, 1.82) is 0 Å². The van der Waals surface area contributed by atoms with Crippen LogP contribution < -0.4 is 9.54 Å². The number of ether oxygens (including phenoxy) is 2. The number of hydrogen-bond donors (Lipinski definition) is 0. The summed E-state index contributed by atoms with van der Waals surface area (Å²) in [5.41, 5.74) is 3.39. The van der Waals surface area contributed by atoms with Crippen LogP contribution in [0.25, 0.3) is 10.2 Å². The first-order valence-corrected chi connectivity index (χ1v) is 10.8. The Labute approximate surface area is 183 Å². The first-order chi connectivity index (χ1) is 13.9. The molecule has 2 aromatic carbocycles. The van der Waals surface area contributed by atoms with Gasteiger partial charge in [0.1, 0.15) is 5.75 Å². The molecule has 0 N–H and O–H groups in total. The molecular weight excluding hydrogens is 431 g/mol. The lowest BCUT2D eigenvalue weighted by molar-refractivity contribution is -0.120. The number of aryl methyl sites for hydroxylation is 2. The summed E-state index contributed by atoms with van der Waals surface area (Å²) >= 11 is 13.5. The number of halogens is 2. The SMILES string of the molecule is CCOCCn1c(=NC(=O)COc2ccc(Cl)cc2Cl)sc2cc(C)cc(C)c21. The second kappa shape index (κ2) is 9.76. The standard InChI is InChI=1S/C21H22Cl2N2O3S/c1-4-27-8-7-25-20-14(3)9-13(2)10-18(20)29-21(25)24-19(26)12-28-17-6-5-15(22)11-16(17)23/h5-6,9-11H,4,7-8,12H2,1-3H3. The molecule has 0 fully saturated rings. The van der Waals surface area contributed by atoms with E-state index in [4.69, 9.17) is 32.7 Å². The Morgan fingerprint density at radius 2 is 2.00 bits per heavy atom. The summed E-state index contributed by atoms with van der Waals surface area (Å²) in [6, 6.07) is 9.09. The highest BCUT2D eigenvalue weighted by Gasteiger charge is 2.12. The molecule has 0 saturated carbocycles. The average molecular weight is 453 g/mol. The van der Waals surface area contributed by atoms with Gasteiger partial charge in [-0.2, -0.15) is 4.99 Å². The molecule has 0 bridgehead atoms. The van der Waals surface area contributed by atoms with Gasteiger partial charge < -0.3 is 14.0 Å². The van der Waals surface area contributed by atoms with Crippen molar-refractivity contribution in [2.45, 2.75) is 27.3 Å². The first-order valence-electron chi connectivity index (χ1n) is 9.22. The molecule has 0 aliphatic heterocycles. The number of fused-ring (bicyclic) bond motifs is 1. The second-order valence-corrected chi connectivity index (χ2v) is 8.38. The van der Waals surface area contributed by atoms with Crippen LogP contribution in [0.3, 0.4) is 0 Å². The maximum atomic E-state index is 12.5. The maximum Gasteiger partial charge on any atom is 0.286 e. The van der Waals surface area contributed by atoms with E-state index in [1.807, 2.05) is 11.5 Å². The van der Waals surface area contributed by atoms with Crippen molar-refractivity contribution in [1.82, 2.24) is 4.57 Å². The molecule has 5 nitrogen and oxygen atoms in total. The van der Waals surface area contributed by atoms with Crippen molar-refractivity contribution in [2.75, 3.05) is 19.8 Å². The third kappa shape index (κ3) is 5.39. The molecule has 154 valence electrons. The van der Waals surface area contributed by atoms with Gasteiger partial charge in [0.15, 0.2) is 11.4 Å². The van der Waals surface area contributed by atoms with E-state index in [0.29, 0.717) is 40.4 Å². The van der Waals surface area contributed by atoms with E-state index in [0.717, 1.165) is 15.8 Å². The highest BCUT2D eigenvalue weighted by Crippen LogP contribution is 2.27. The lowest BCUT2D eigenvalue weighted by Crippen LogP contribution is -2.21. The Morgan fingerprint density at radius 1 is 1.21 bits per heavy atom. The largest absolute Gasteiger partial charge is 0.482 e. The smallest absolute Gasteiger partial charge is 0.286 e. The van der Waals surface area contributed by atoms with E-state index in [9.17, 15) is 4.79 Å². The summed E-state index contributed by atoms with van der Waals surface area (Å²) in [7, 11) is 0. The van der Waals surface area contributed by atoms with Crippen LogP contribution in [0.5, 0.6) is 5.75 Å². The van der Waals surface area contributed by atoms with Crippen LogP contribution in [0.1, 0.15) is 18.1 Å². The number of amides is 1. The van der Waals surface area contributed by atoms with Gasteiger partial charge in [0.05, 0.1) is 21.8 Å². The van der Waals surface area contributed by atoms with Gasteiger partial charge in [0.25, 0.3) is 5.91 Å². The van der Waals surface area contributed by atoms with Crippen LogP contribution in [0.15, 0.2) is 35.3 Å². The molecule has 0 atom stereocenters. The van der Waals surface area contributed by atoms with Gasteiger partial charge >= 0.3 is 0 Å². The fourth-order valence-electron chi connectivity index (χ4n) is 3.06. The van der Waals surface area contributed by atoms with Crippen LogP contribution in [0.2, 0.25) is 10.0 Å². The molecule has 0 radical (unpaired) electrons. The molecule has 1 aromatic heterocycles. The Hall–Kier alpha value is -1.86. The third-order valence-corrected chi connectivity index (χ3v) is 5.80. The van der Waals surface area contributed by atoms with Gasteiger partial charge in [0.2, 0.25) is 0 Å². The quantitative estimate of drug-likeness (QED) is 0.464. The van der Waals surface area contributed by atoms with Crippen molar-refractivity contribution in [2.24, 2.45) is 4.99 Å². The van der Waals surface area contributed by atoms with Crippen molar-refractivity contribution >= 4 is 50.7 Å². The fourth-order valence-corrected chi connectivity index (χ4v) is 4.77. The fraction of sp³-hybridized carbons (Fsp3) is 0.333. The number of nitrogens with zero attached hydrogens (tertiary/aromatic N) is 2. The summed E-state index contributed by atoms with van der Waals surface area (Å²) in [5.74, 6) is 0.00811. The molecule has 29 heavy (non-hydrogen) atoms. The zero-order valence-corrected chi connectivity index (χ0v) is 18.8. The Balaban J connectivity index is 1.89. The number of benzene rings is 2. The number of hydrogen-bond acceptors (Lipinski definition) is 4. The van der Waals surface area contributed by atoms with Gasteiger partial charge in [0, 0.05) is 18.2 Å². The highest BCUT2D eigenvalue weighted by atomic mass is 35.5. The summed E-state index contributed by atoms with van der Waals surface area (Å²) in [5, 5.41) is 0.856. The topological polar surface area (TPSA) is 52.8 Å². The van der Waals surface area contributed by atoms with Gasteiger partial charge in [-0.15, -0.1) is 0 Å². The molecule has 8 heteroatoms. The van der Waals surface area contributed by atoms with E-state index < -0.39 is 0 Å². The van der Waals surface area contributed by atoms with Crippen molar-refractivity contribution in [3.63, 3.8) is 0 Å². The number of carbonyl (C=O) groups excluding carboxylic acids is 1. The van der Waals surface area contributed by atoms with Gasteiger partial charge in [-0.05, 0) is 56.2 Å². The first kappa shape index (κ1) is 21.8. The lowest BCUT2D eigenvalue weighted by Gasteiger charge is -2.08. The Bertz CT molecular complexity index is 1110. The Kier molecular flexibility index (Phi) is 7.35. The highest BCUT2D eigenvalue weighted by molar-refractivity contribution is 7.16. The summed E-state index contributed by atoms with van der Waals surface area (Å²) in [6.07, 6.45) is 0.